The van der Waals surface area contributed by atoms with Gasteiger partial charge in [0.1, 0.15) is 0 Å². The van der Waals surface area contributed by atoms with Gasteiger partial charge in [-0.3, -0.25) is 4.79 Å². The van der Waals surface area contributed by atoms with Gasteiger partial charge >= 0.3 is 11.8 Å². The van der Waals surface area contributed by atoms with Gasteiger partial charge in [-0.05, 0) is 18.6 Å². The summed E-state index contributed by atoms with van der Waals surface area (Å²) in [5.74, 6) is 0.0560. The molecule has 1 amide bonds. The normalized spacial score (nSPS) is 10.4. The largest absolute Gasteiger partial charge is 0.412 e. The molecule has 1 aromatic carbocycles. The number of carbonyl (C=O) groups excluding carboxylic acids is 1. The summed E-state index contributed by atoms with van der Waals surface area (Å²) in [6.07, 6.45) is 3.18. The number of aromatic nitrogens is 2. The minimum atomic E-state index is -0.314. The van der Waals surface area contributed by atoms with E-state index in [9.17, 15) is 4.79 Å². The minimum Gasteiger partial charge on any atom is -0.412 e. The van der Waals surface area contributed by atoms with Crippen LogP contribution in [0.5, 0.6) is 0 Å². The molecule has 0 fully saturated rings. The van der Waals surface area contributed by atoms with Crippen LogP contribution in [0.3, 0.4) is 0 Å². The van der Waals surface area contributed by atoms with Crippen LogP contribution in [-0.4, -0.2) is 22.6 Å². The van der Waals surface area contributed by atoms with Gasteiger partial charge in [0.2, 0.25) is 5.89 Å². The highest BCUT2D eigenvalue weighted by Gasteiger charge is 2.14. The van der Waals surface area contributed by atoms with Gasteiger partial charge in [0.25, 0.3) is 0 Å². The van der Waals surface area contributed by atoms with Crippen molar-refractivity contribution >= 4 is 5.91 Å². The van der Waals surface area contributed by atoms with Gasteiger partial charge in [0, 0.05) is 12.1 Å². The molecule has 19 heavy (non-hydrogen) atoms. The van der Waals surface area contributed by atoms with Crippen molar-refractivity contribution in [2.75, 3.05) is 6.54 Å². The summed E-state index contributed by atoms with van der Waals surface area (Å²) in [7, 11) is 0. The van der Waals surface area contributed by atoms with E-state index >= 15 is 0 Å². The Morgan fingerprint density at radius 3 is 2.74 bits per heavy atom. The van der Waals surface area contributed by atoms with Crippen molar-refractivity contribution < 1.29 is 9.21 Å². The van der Waals surface area contributed by atoms with Gasteiger partial charge < -0.3 is 9.73 Å². The SMILES string of the molecule is CCCCCNC(=O)c1nnc(-c2ccccc2)o1. The second kappa shape index (κ2) is 6.68. The first kappa shape index (κ1) is 13.3. The smallest absolute Gasteiger partial charge is 0.308 e. The molecule has 0 aliphatic rings. The maximum atomic E-state index is 11.7. The fourth-order valence-electron chi connectivity index (χ4n) is 1.66. The monoisotopic (exact) mass is 259 g/mol. The van der Waals surface area contributed by atoms with Crippen molar-refractivity contribution in [3.63, 3.8) is 0 Å². The van der Waals surface area contributed by atoms with Crippen LogP contribution in [-0.2, 0) is 0 Å². The van der Waals surface area contributed by atoms with Crippen LogP contribution in [0.2, 0.25) is 0 Å². The predicted octanol–water partition coefficient (Wildman–Crippen LogP) is 2.66. The lowest BCUT2D eigenvalue weighted by atomic mass is 10.2. The van der Waals surface area contributed by atoms with Gasteiger partial charge in [-0.1, -0.05) is 38.0 Å². The lowest BCUT2D eigenvalue weighted by Gasteiger charge is -2.00. The van der Waals surface area contributed by atoms with E-state index in [0.29, 0.717) is 12.4 Å². The first-order chi connectivity index (χ1) is 9.31. The zero-order valence-electron chi connectivity index (χ0n) is 10.9. The van der Waals surface area contributed by atoms with Crippen LogP contribution < -0.4 is 5.32 Å². The van der Waals surface area contributed by atoms with E-state index in [2.05, 4.69) is 22.4 Å². The molecule has 0 bridgehead atoms. The third kappa shape index (κ3) is 3.64. The van der Waals surface area contributed by atoms with E-state index in [1.54, 1.807) is 0 Å². The quantitative estimate of drug-likeness (QED) is 0.810. The average molecular weight is 259 g/mol. The van der Waals surface area contributed by atoms with Crippen LogP contribution in [0.1, 0.15) is 36.9 Å². The Morgan fingerprint density at radius 2 is 2.00 bits per heavy atom. The van der Waals surface area contributed by atoms with Crippen LogP contribution in [0.25, 0.3) is 11.5 Å². The summed E-state index contributed by atoms with van der Waals surface area (Å²) in [6, 6.07) is 9.38. The highest BCUT2D eigenvalue weighted by atomic mass is 16.4. The van der Waals surface area contributed by atoms with Crippen molar-refractivity contribution in [1.82, 2.24) is 15.5 Å². The molecule has 0 aliphatic heterocycles. The summed E-state index contributed by atoms with van der Waals surface area (Å²) < 4.78 is 5.35. The molecule has 0 atom stereocenters. The Morgan fingerprint density at radius 1 is 1.21 bits per heavy atom. The number of rotatable bonds is 6. The number of unbranched alkanes of at least 4 members (excludes halogenated alkanes) is 2. The van der Waals surface area contributed by atoms with Gasteiger partial charge in [-0.2, -0.15) is 0 Å². The minimum absolute atomic E-state index is 0.00958. The number of nitrogens with one attached hydrogen (secondary N) is 1. The van der Waals surface area contributed by atoms with Crippen molar-refractivity contribution in [2.24, 2.45) is 0 Å². The molecule has 0 radical (unpaired) electrons. The Labute approximate surface area is 112 Å². The first-order valence-electron chi connectivity index (χ1n) is 6.48. The molecule has 100 valence electrons. The van der Waals surface area contributed by atoms with E-state index in [-0.39, 0.29) is 11.8 Å². The third-order valence-corrected chi connectivity index (χ3v) is 2.71. The topological polar surface area (TPSA) is 68.0 Å². The predicted molar refractivity (Wildman–Crippen MR) is 71.6 cm³/mol. The standard InChI is InChI=1S/C14H17N3O2/c1-2-3-7-10-15-12(18)14-17-16-13(19-14)11-8-5-4-6-9-11/h4-6,8-9H,2-3,7,10H2,1H3,(H,15,18). The highest BCUT2D eigenvalue weighted by molar-refractivity contribution is 5.89. The highest BCUT2D eigenvalue weighted by Crippen LogP contribution is 2.16. The molecule has 1 aromatic heterocycles. The fourth-order valence-corrected chi connectivity index (χ4v) is 1.66. The number of hydrogen-bond donors (Lipinski definition) is 1. The van der Waals surface area contributed by atoms with E-state index in [0.717, 1.165) is 24.8 Å². The third-order valence-electron chi connectivity index (χ3n) is 2.71. The van der Waals surface area contributed by atoms with E-state index in [1.807, 2.05) is 30.3 Å². The molecule has 5 nitrogen and oxygen atoms in total. The molecule has 0 saturated heterocycles. The molecule has 5 heteroatoms. The zero-order valence-corrected chi connectivity index (χ0v) is 10.9. The summed E-state index contributed by atoms with van der Waals surface area (Å²) in [5, 5.41) is 10.4. The molecular formula is C14H17N3O2. The summed E-state index contributed by atoms with van der Waals surface area (Å²) in [6.45, 7) is 2.75. The fraction of sp³-hybridized carbons (Fsp3) is 0.357. The molecule has 0 unspecified atom stereocenters. The van der Waals surface area contributed by atoms with E-state index in [1.165, 1.54) is 0 Å². The summed E-state index contributed by atoms with van der Waals surface area (Å²) in [5.41, 5.74) is 0.806. The Hall–Kier alpha value is -2.17. The van der Waals surface area contributed by atoms with Crippen molar-refractivity contribution in [1.29, 1.82) is 0 Å². The van der Waals surface area contributed by atoms with Gasteiger partial charge in [0.05, 0.1) is 0 Å². The lowest BCUT2D eigenvalue weighted by molar-refractivity contribution is 0.0919. The van der Waals surface area contributed by atoms with Gasteiger partial charge in [-0.25, -0.2) is 0 Å². The molecule has 1 heterocycles. The van der Waals surface area contributed by atoms with E-state index < -0.39 is 0 Å². The molecule has 1 N–H and O–H groups in total. The van der Waals surface area contributed by atoms with Crippen LogP contribution in [0.4, 0.5) is 0 Å². The van der Waals surface area contributed by atoms with E-state index in [4.69, 9.17) is 4.42 Å². The Kier molecular flexibility index (Phi) is 4.66. The maximum Gasteiger partial charge on any atom is 0.308 e. The number of nitrogens with zero attached hydrogens (tertiary/aromatic N) is 2. The second-order valence-electron chi connectivity index (χ2n) is 4.24. The Bertz CT molecular complexity index is 522. The van der Waals surface area contributed by atoms with Crippen LogP contribution in [0, 0.1) is 0 Å². The van der Waals surface area contributed by atoms with Crippen LogP contribution in [0.15, 0.2) is 34.7 Å². The summed E-state index contributed by atoms with van der Waals surface area (Å²) in [4.78, 5) is 11.7. The number of benzene rings is 1. The van der Waals surface area contributed by atoms with Crippen molar-refractivity contribution in [3.05, 3.63) is 36.2 Å². The van der Waals surface area contributed by atoms with Gasteiger partial charge in [-0.15, -0.1) is 10.2 Å². The molecule has 0 aliphatic carbocycles. The lowest BCUT2D eigenvalue weighted by Crippen LogP contribution is -2.24. The zero-order chi connectivity index (χ0) is 13.5. The van der Waals surface area contributed by atoms with Crippen molar-refractivity contribution in [2.45, 2.75) is 26.2 Å². The average Bonchev–Trinajstić information content (AvgIpc) is 2.94. The molecule has 2 aromatic rings. The maximum absolute atomic E-state index is 11.7. The van der Waals surface area contributed by atoms with Crippen molar-refractivity contribution in [3.8, 4) is 11.5 Å². The molecule has 2 rings (SSSR count). The Balaban J connectivity index is 1.95. The molecule has 0 saturated carbocycles. The van der Waals surface area contributed by atoms with Gasteiger partial charge in [0.15, 0.2) is 0 Å². The van der Waals surface area contributed by atoms with Crippen LogP contribution >= 0.6 is 0 Å². The number of carbonyl (C=O) groups is 1. The summed E-state index contributed by atoms with van der Waals surface area (Å²) >= 11 is 0. The first-order valence-corrected chi connectivity index (χ1v) is 6.48. The number of amides is 1. The molecular weight excluding hydrogens is 242 g/mol. The molecule has 0 spiro atoms. The number of hydrogen-bond acceptors (Lipinski definition) is 4. The second-order valence-corrected chi connectivity index (χ2v) is 4.24.